The Labute approximate surface area is 71.8 Å². The Morgan fingerprint density at radius 2 is 2.00 bits per heavy atom. The molecule has 12 heavy (non-hydrogen) atoms. The Bertz CT molecular complexity index is 304. The monoisotopic (exact) mass is 160 g/mol. The minimum absolute atomic E-state index is 0.527. The van der Waals surface area contributed by atoms with Gasteiger partial charge < -0.3 is 0 Å². The van der Waals surface area contributed by atoms with Crippen molar-refractivity contribution >= 4 is 5.78 Å². The van der Waals surface area contributed by atoms with Crippen LogP contribution in [0.25, 0.3) is 0 Å². The van der Waals surface area contributed by atoms with E-state index in [-0.39, 0.29) is 0 Å². The van der Waals surface area contributed by atoms with Crippen molar-refractivity contribution in [1.29, 1.82) is 0 Å². The number of ketones is 1. The van der Waals surface area contributed by atoms with Gasteiger partial charge in [0, 0.05) is 11.8 Å². The molecule has 0 amide bonds. The van der Waals surface area contributed by atoms with Gasteiger partial charge >= 0.3 is 0 Å². The minimum Gasteiger partial charge on any atom is -0.299 e. The lowest BCUT2D eigenvalue weighted by atomic mass is 9.82. The van der Waals surface area contributed by atoms with Gasteiger partial charge in [-0.05, 0) is 36.5 Å². The summed E-state index contributed by atoms with van der Waals surface area (Å²) >= 11 is 0. The Balaban J connectivity index is 1.82. The first-order chi connectivity index (χ1) is 5.88. The van der Waals surface area contributed by atoms with Crippen LogP contribution in [0.15, 0.2) is 12.2 Å². The Morgan fingerprint density at radius 3 is 2.92 bits per heavy atom. The van der Waals surface area contributed by atoms with Crippen molar-refractivity contribution in [3.05, 3.63) is 12.2 Å². The maximum absolute atomic E-state index is 11.4. The van der Waals surface area contributed by atoms with Crippen LogP contribution < -0.4 is 0 Å². The summed E-state index contributed by atoms with van der Waals surface area (Å²) < 4.78 is 0. The lowest BCUT2D eigenvalue weighted by Gasteiger charge is -2.21. The molecule has 3 fully saturated rings. The summed E-state index contributed by atoms with van der Waals surface area (Å²) in [5, 5.41) is 0. The molecule has 4 rings (SSSR count). The third-order valence-electron chi connectivity index (χ3n) is 4.71. The van der Waals surface area contributed by atoms with Crippen LogP contribution in [0.2, 0.25) is 0 Å². The number of allylic oxidation sites excluding steroid dienone is 2. The Kier molecular flexibility index (Phi) is 0.768. The molecule has 0 saturated heterocycles. The number of hydrogen-bond donors (Lipinski definition) is 0. The molecular formula is C11H12O. The molecule has 0 radical (unpaired) electrons. The molecule has 3 saturated carbocycles. The van der Waals surface area contributed by atoms with Crippen molar-refractivity contribution in [1.82, 2.24) is 0 Å². The van der Waals surface area contributed by atoms with Gasteiger partial charge in [-0.25, -0.2) is 0 Å². The Morgan fingerprint density at radius 1 is 1.17 bits per heavy atom. The molecule has 0 aromatic carbocycles. The Hall–Kier alpha value is -0.590. The summed E-state index contributed by atoms with van der Waals surface area (Å²) in [5.74, 6) is 4.93. The van der Waals surface area contributed by atoms with E-state index in [4.69, 9.17) is 0 Å². The van der Waals surface area contributed by atoms with Gasteiger partial charge in [-0.3, -0.25) is 4.79 Å². The van der Waals surface area contributed by atoms with Gasteiger partial charge in [-0.1, -0.05) is 12.2 Å². The lowest BCUT2D eigenvalue weighted by Crippen LogP contribution is -2.18. The van der Waals surface area contributed by atoms with Crippen LogP contribution in [-0.4, -0.2) is 5.78 Å². The third-order valence-corrected chi connectivity index (χ3v) is 4.71. The molecule has 1 heteroatoms. The van der Waals surface area contributed by atoms with Crippen molar-refractivity contribution in [3.63, 3.8) is 0 Å². The molecule has 6 atom stereocenters. The fourth-order valence-corrected chi connectivity index (χ4v) is 4.29. The predicted octanol–water partition coefficient (Wildman–Crippen LogP) is 1.64. The lowest BCUT2D eigenvalue weighted by molar-refractivity contribution is -0.113. The van der Waals surface area contributed by atoms with Crippen molar-refractivity contribution in [2.45, 2.75) is 12.8 Å². The van der Waals surface area contributed by atoms with Crippen molar-refractivity contribution in [3.8, 4) is 0 Å². The van der Waals surface area contributed by atoms with E-state index < -0.39 is 0 Å². The van der Waals surface area contributed by atoms with E-state index in [2.05, 4.69) is 12.2 Å². The van der Waals surface area contributed by atoms with E-state index in [1.165, 1.54) is 12.8 Å². The molecule has 0 spiro atoms. The van der Waals surface area contributed by atoms with Gasteiger partial charge in [0.25, 0.3) is 0 Å². The highest BCUT2D eigenvalue weighted by molar-refractivity contribution is 6.01. The topological polar surface area (TPSA) is 17.1 Å². The second-order valence-corrected chi connectivity index (χ2v) is 4.92. The van der Waals surface area contributed by atoms with E-state index in [9.17, 15) is 4.79 Å². The van der Waals surface area contributed by atoms with Gasteiger partial charge in [-0.2, -0.15) is 0 Å². The fourth-order valence-electron chi connectivity index (χ4n) is 4.29. The zero-order valence-electron chi connectivity index (χ0n) is 6.94. The van der Waals surface area contributed by atoms with Gasteiger partial charge in [0.1, 0.15) is 5.78 Å². The molecule has 1 nitrogen and oxygen atoms in total. The number of rotatable bonds is 0. The van der Waals surface area contributed by atoms with Gasteiger partial charge in [-0.15, -0.1) is 0 Å². The van der Waals surface area contributed by atoms with Crippen LogP contribution in [0.1, 0.15) is 12.8 Å². The van der Waals surface area contributed by atoms with Crippen molar-refractivity contribution in [2.24, 2.45) is 35.5 Å². The predicted molar refractivity (Wildman–Crippen MR) is 44.3 cm³/mol. The second-order valence-electron chi connectivity index (χ2n) is 4.92. The molecule has 0 heterocycles. The summed E-state index contributed by atoms with van der Waals surface area (Å²) in [6.07, 6.45) is 7.37. The van der Waals surface area contributed by atoms with Gasteiger partial charge in [0.15, 0.2) is 0 Å². The molecule has 0 unspecified atom stereocenters. The number of Topliss-reactive ketones (excluding diaryl/α,β-unsaturated/α-hetero) is 1. The summed E-state index contributed by atoms with van der Waals surface area (Å²) in [6, 6.07) is 0. The number of fused-ring (bicyclic) bond motifs is 8. The summed E-state index contributed by atoms with van der Waals surface area (Å²) in [6.45, 7) is 0. The molecule has 0 aliphatic heterocycles. The van der Waals surface area contributed by atoms with E-state index in [1.54, 1.807) is 0 Å². The summed E-state index contributed by atoms with van der Waals surface area (Å²) in [5.41, 5.74) is 0. The maximum atomic E-state index is 11.4. The first-order valence-electron chi connectivity index (χ1n) is 5.08. The first-order valence-corrected chi connectivity index (χ1v) is 5.08. The molecule has 4 aliphatic rings. The van der Waals surface area contributed by atoms with Gasteiger partial charge in [0.05, 0.1) is 0 Å². The van der Waals surface area contributed by atoms with Crippen LogP contribution in [0.4, 0.5) is 0 Å². The number of hydrogen-bond acceptors (Lipinski definition) is 1. The van der Waals surface area contributed by atoms with Crippen molar-refractivity contribution < 1.29 is 4.79 Å². The van der Waals surface area contributed by atoms with Crippen LogP contribution in [0, 0.1) is 35.5 Å². The molecule has 4 aliphatic carbocycles. The third kappa shape index (κ3) is 0.429. The second kappa shape index (κ2) is 1.55. The summed E-state index contributed by atoms with van der Waals surface area (Å²) in [7, 11) is 0. The van der Waals surface area contributed by atoms with Crippen LogP contribution in [0.3, 0.4) is 0 Å². The van der Waals surface area contributed by atoms with E-state index >= 15 is 0 Å². The standard InChI is InChI=1S/C11H12O/c12-11-9-7-4-8(10(9)11)6-3-1-2-5(6)7/h1-2,5-10H,3-4H2/t5-,6+,7+,8-,9+,10-/m1/s1. The smallest absolute Gasteiger partial charge is 0.141 e. The van der Waals surface area contributed by atoms with Crippen LogP contribution in [0.5, 0.6) is 0 Å². The highest BCUT2D eigenvalue weighted by Crippen LogP contribution is 2.69. The van der Waals surface area contributed by atoms with E-state index in [0.29, 0.717) is 17.6 Å². The zero-order chi connectivity index (χ0) is 7.87. The average molecular weight is 160 g/mol. The molecular weight excluding hydrogens is 148 g/mol. The highest BCUT2D eigenvalue weighted by atomic mass is 16.1. The van der Waals surface area contributed by atoms with Gasteiger partial charge in [0.2, 0.25) is 0 Å². The fraction of sp³-hybridized carbons (Fsp3) is 0.727. The largest absolute Gasteiger partial charge is 0.299 e. The SMILES string of the molecule is O=C1[C@@H]2[C@@H]3C[C@@H]([C@@H]4C=CC[C@@H]43)[C@H]12. The minimum atomic E-state index is 0.527. The molecule has 2 bridgehead atoms. The van der Waals surface area contributed by atoms with E-state index in [1.807, 2.05) is 0 Å². The summed E-state index contributed by atoms with van der Waals surface area (Å²) in [4.78, 5) is 11.4. The van der Waals surface area contributed by atoms with Crippen molar-refractivity contribution in [2.75, 3.05) is 0 Å². The highest BCUT2D eigenvalue weighted by Gasteiger charge is 2.70. The molecule has 0 N–H and O–H groups in total. The van der Waals surface area contributed by atoms with Crippen LogP contribution in [-0.2, 0) is 4.79 Å². The number of carbonyl (C=O) groups excluding carboxylic acids is 1. The number of carbonyl (C=O) groups is 1. The maximum Gasteiger partial charge on any atom is 0.141 e. The molecule has 0 aromatic heterocycles. The first kappa shape index (κ1) is 5.95. The van der Waals surface area contributed by atoms with Crippen LogP contribution >= 0.6 is 0 Å². The molecule has 62 valence electrons. The quantitative estimate of drug-likeness (QED) is 0.492. The normalized spacial score (nSPS) is 63.8. The zero-order valence-corrected chi connectivity index (χ0v) is 6.94. The molecule has 0 aromatic rings. The average Bonchev–Trinajstić information content (AvgIpc) is 2.60. The van der Waals surface area contributed by atoms with E-state index in [0.717, 1.165) is 23.7 Å².